The molecule has 1 aliphatic rings. The summed E-state index contributed by atoms with van der Waals surface area (Å²) in [5.74, 6) is 2.00. The first-order valence-corrected chi connectivity index (χ1v) is 14.1. The molecule has 0 radical (unpaired) electrons. The van der Waals surface area contributed by atoms with Gasteiger partial charge in [0.1, 0.15) is 24.2 Å². The van der Waals surface area contributed by atoms with Crippen LogP contribution in [0.3, 0.4) is 0 Å². The molecule has 44 heavy (non-hydrogen) atoms. The Balaban J connectivity index is 1.23. The molecule has 2 aromatic heterocycles. The van der Waals surface area contributed by atoms with E-state index in [9.17, 15) is 9.59 Å². The zero-order chi connectivity index (χ0) is 31.4. The Hall–Kier alpha value is -5.07. The van der Waals surface area contributed by atoms with Crippen molar-refractivity contribution < 1.29 is 33.3 Å². The van der Waals surface area contributed by atoms with E-state index in [1.165, 1.54) is 17.2 Å². The van der Waals surface area contributed by atoms with Crippen LogP contribution in [0.5, 0.6) is 28.9 Å². The van der Waals surface area contributed by atoms with Crippen molar-refractivity contribution in [3.63, 3.8) is 0 Å². The molecule has 2 aromatic carbocycles. The quantitative estimate of drug-likeness (QED) is 0.244. The molecule has 1 aliphatic carbocycles. The Morgan fingerprint density at radius 3 is 2.41 bits per heavy atom. The van der Waals surface area contributed by atoms with Crippen LogP contribution >= 0.6 is 0 Å². The standard InChI is InChI=1S/C31H36N6O7/c1-31(2,3)44-30(39)37(21-9-10-21)15-19-7-8-20(11-25(19)40-4)35-28(38)17-36-16-22(14-34-36)43-29-23-12-26(41-5)27(42-6)13-24(23)32-18-33-29/h7-8,11-14,16,18,21H,9-10,15,17H2,1-6H3,(H,35,38). The third-order valence-corrected chi connectivity index (χ3v) is 6.76. The van der Waals surface area contributed by atoms with Gasteiger partial charge in [-0.05, 0) is 45.7 Å². The van der Waals surface area contributed by atoms with E-state index in [-0.39, 0.29) is 24.6 Å². The van der Waals surface area contributed by atoms with Gasteiger partial charge in [0, 0.05) is 29.4 Å². The number of ether oxygens (including phenoxy) is 5. The molecular weight excluding hydrogens is 568 g/mol. The summed E-state index contributed by atoms with van der Waals surface area (Å²) in [6.45, 7) is 5.83. The predicted octanol–water partition coefficient (Wildman–Crippen LogP) is 5.18. The van der Waals surface area contributed by atoms with Crippen molar-refractivity contribution in [1.29, 1.82) is 0 Å². The average Bonchev–Trinajstić information content (AvgIpc) is 3.73. The van der Waals surface area contributed by atoms with Crippen LogP contribution < -0.4 is 24.3 Å². The number of amides is 2. The number of hydrogen-bond acceptors (Lipinski definition) is 10. The molecule has 0 bridgehead atoms. The highest BCUT2D eigenvalue weighted by Gasteiger charge is 2.35. The summed E-state index contributed by atoms with van der Waals surface area (Å²) in [5.41, 5.74) is 1.39. The molecule has 1 fully saturated rings. The molecule has 0 saturated heterocycles. The summed E-state index contributed by atoms with van der Waals surface area (Å²) in [5, 5.41) is 7.74. The number of rotatable bonds is 11. The van der Waals surface area contributed by atoms with E-state index in [0.29, 0.717) is 52.0 Å². The van der Waals surface area contributed by atoms with E-state index < -0.39 is 5.60 Å². The zero-order valence-electron chi connectivity index (χ0n) is 25.6. The largest absolute Gasteiger partial charge is 0.496 e. The third kappa shape index (κ3) is 7.28. The Bertz CT molecular complexity index is 1660. The summed E-state index contributed by atoms with van der Waals surface area (Å²) >= 11 is 0. The number of methoxy groups -OCH3 is 3. The number of hydrogen-bond donors (Lipinski definition) is 1. The Labute approximate surface area is 255 Å². The topological polar surface area (TPSA) is 139 Å². The molecule has 13 heteroatoms. The van der Waals surface area contributed by atoms with Crippen molar-refractivity contribution in [2.45, 2.75) is 58.3 Å². The maximum atomic E-state index is 12.9. The molecule has 0 aliphatic heterocycles. The number of nitrogens with zero attached hydrogens (tertiary/aromatic N) is 5. The van der Waals surface area contributed by atoms with Crippen molar-refractivity contribution in [3.8, 4) is 28.9 Å². The first-order chi connectivity index (χ1) is 21.1. The highest BCUT2D eigenvalue weighted by Crippen LogP contribution is 2.36. The lowest BCUT2D eigenvalue weighted by Gasteiger charge is -2.28. The normalized spacial score (nSPS) is 12.9. The number of benzene rings is 2. The minimum Gasteiger partial charge on any atom is -0.496 e. The highest BCUT2D eigenvalue weighted by molar-refractivity contribution is 5.91. The lowest BCUT2D eigenvalue weighted by Crippen LogP contribution is -2.37. The number of anilines is 1. The van der Waals surface area contributed by atoms with Crippen molar-refractivity contribution in [2.75, 3.05) is 26.6 Å². The molecule has 2 heterocycles. The summed E-state index contributed by atoms with van der Waals surface area (Å²) in [7, 11) is 4.65. The van der Waals surface area contributed by atoms with E-state index in [1.807, 2.05) is 26.8 Å². The van der Waals surface area contributed by atoms with Crippen LogP contribution in [0.15, 0.2) is 49.1 Å². The summed E-state index contributed by atoms with van der Waals surface area (Å²) in [4.78, 5) is 35.9. The van der Waals surface area contributed by atoms with Gasteiger partial charge in [-0.25, -0.2) is 14.8 Å². The van der Waals surface area contributed by atoms with Gasteiger partial charge in [-0.3, -0.25) is 9.48 Å². The molecule has 0 atom stereocenters. The minimum atomic E-state index is -0.586. The molecule has 13 nitrogen and oxygen atoms in total. The van der Waals surface area contributed by atoms with E-state index in [4.69, 9.17) is 23.7 Å². The number of nitrogens with one attached hydrogen (secondary N) is 1. The van der Waals surface area contributed by atoms with Crippen LogP contribution in [0.1, 0.15) is 39.2 Å². The van der Waals surface area contributed by atoms with Gasteiger partial charge in [-0.1, -0.05) is 6.07 Å². The van der Waals surface area contributed by atoms with Gasteiger partial charge in [-0.2, -0.15) is 5.10 Å². The van der Waals surface area contributed by atoms with E-state index in [0.717, 1.165) is 18.4 Å². The first kappa shape index (κ1) is 30.4. The number of carbonyl (C=O) groups excluding carboxylic acids is 2. The van der Waals surface area contributed by atoms with Crippen molar-refractivity contribution >= 4 is 28.6 Å². The van der Waals surface area contributed by atoms with Crippen molar-refractivity contribution in [3.05, 3.63) is 54.6 Å². The first-order valence-electron chi connectivity index (χ1n) is 14.1. The fraction of sp³-hybridized carbons (Fsp3) is 0.387. The van der Waals surface area contributed by atoms with Gasteiger partial charge >= 0.3 is 6.09 Å². The molecule has 0 spiro atoms. The molecule has 232 valence electrons. The van der Waals surface area contributed by atoms with Gasteiger partial charge in [0.25, 0.3) is 0 Å². The molecule has 5 rings (SSSR count). The van der Waals surface area contributed by atoms with Crippen LogP contribution in [-0.2, 0) is 22.6 Å². The summed E-state index contributed by atoms with van der Waals surface area (Å²) in [6, 6.07) is 8.97. The molecule has 4 aromatic rings. The zero-order valence-corrected chi connectivity index (χ0v) is 25.6. The second-order valence-electron chi connectivity index (χ2n) is 11.3. The van der Waals surface area contributed by atoms with E-state index in [2.05, 4.69) is 20.4 Å². The maximum absolute atomic E-state index is 12.9. The second-order valence-corrected chi connectivity index (χ2v) is 11.3. The number of fused-ring (bicyclic) bond motifs is 1. The van der Waals surface area contributed by atoms with Crippen LogP contribution in [0.2, 0.25) is 0 Å². The molecule has 1 N–H and O–H groups in total. The average molecular weight is 605 g/mol. The van der Waals surface area contributed by atoms with Gasteiger partial charge in [0.2, 0.25) is 11.8 Å². The fourth-order valence-corrected chi connectivity index (χ4v) is 4.57. The van der Waals surface area contributed by atoms with Gasteiger partial charge < -0.3 is 33.9 Å². The van der Waals surface area contributed by atoms with Gasteiger partial charge in [0.15, 0.2) is 17.2 Å². The summed E-state index contributed by atoms with van der Waals surface area (Å²) < 4.78 is 29.4. The SMILES string of the molecule is COc1cc(NC(=O)Cn2cc(Oc3ncnc4cc(OC)c(OC)cc34)cn2)ccc1CN(C(=O)OC(C)(C)C)C1CC1. The van der Waals surface area contributed by atoms with E-state index >= 15 is 0 Å². The van der Waals surface area contributed by atoms with Crippen LogP contribution in [0.4, 0.5) is 10.5 Å². The third-order valence-electron chi connectivity index (χ3n) is 6.76. The smallest absolute Gasteiger partial charge is 0.410 e. The Morgan fingerprint density at radius 2 is 1.73 bits per heavy atom. The Kier molecular flexibility index (Phi) is 8.74. The van der Waals surface area contributed by atoms with Crippen LogP contribution in [0, 0.1) is 0 Å². The van der Waals surface area contributed by atoms with E-state index in [1.54, 1.807) is 56.7 Å². The van der Waals surface area contributed by atoms with Crippen LogP contribution in [0.25, 0.3) is 10.9 Å². The maximum Gasteiger partial charge on any atom is 0.410 e. The Morgan fingerprint density at radius 1 is 1.00 bits per heavy atom. The lowest BCUT2D eigenvalue weighted by atomic mass is 10.1. The van der Waals surface area contributed by atoms with Gasteiger partial charge in [-0.15, -0.1) is 0 Å². The van der Waals surface area contributed by atoms with Crippen molar-refractivity contribution in [2.24, 2.45) is 0 Å². The van der Waals surface area contributed by atoms with Crippen molar-refractivity contribution in [1.82, 2.24) is 24.6 Å². The predicted molar refractivity (Wildman–Crippen MR) is 161 cm³/mol. The van der Waals surface area contributed by atoms with Crippen LogP contribution in [-0.4, -0.2) is 69.6 Å². The van der Waals surface area contributed by atoms with Gasteiger partial charge in [0.05, 0.1) is 51.2 Å². The minimum absolute atomic E-state index is 0.0585. The fourth-order valence-electron chi connectivity index (χ4n) is 4.57. The lowest BCUT2D eigenvalue weighted by molar-refractivity contribution is -0.116. The highest BCUT2D eigenvalue weighted by atomic mass is 16.6. The molecular formula is C31H36N6O7. The number of carbonyl (C=O) groups is 2. The molecule has 1 saturated carbocycles. The molecule has 2 amide bonds. The second kappa shape index (κ2) is 12.7. The molecule has 0 unspecified atom stereocenters. The monoisotopic (exact) mass is 604 g/mol. The number of aromatic nitrogens is 4. The summed E-state index contributed by atoms with van der Waals surface area (Å²) in [6.07, 6.45) is 6.01.